The monoisotopic (exact) mass is 260 g/mol. The second-order valence-electron chi connectivity index (χ2n) is 6.38. The lowest BCUT2D eigenvalue weighted by molar-refractivity contribution is 0.108. The predicted molar refractivity (Wildman–Crippen MR) is 82.9 cm³/mol. The van der Waals surface area contributed by atoms with Gasteiger partial charge in [-0.25, -0.2) is 0 Å². The van der Waals surface area contributed by atoms with Gasteiger partial charge in [-0.15, -0.1) is 0 Å². The summed E-state index contributed by atoms with van der Waals surface area (Å²) in [4.78, 5) is 2.64. The van der Waals surface area contributed by atoms with E-state index >= 15 is 0 Å². The molecule has 0 amide bonds. The van der Waals surface area contributed by atoms with Gasteiger partial charge in [-0.3, -0.25) is 4.90 Å². The van der Waals surface area contributed by atoms with Crippen LogP contribution in [-0.4, -0.2) is 17.5 Å². The van der Waals surface area contributed by atoms with E-state index in [4.69, 9.17) is 5.73 Å². The third-order valence-electron chi connectivity index (χ3n) is 4.44. The van der Waals surface area contributed by atoms with Crippen molar-refractivity contribution < 1.29 is 0 Å². The number of benzene rings is 1. The summed E-state index contributed by atoms with van der Waals surface area (Å²) in [5.74, 6) is 1.74. The Morgan fingerprint density at radius 1 is 1.05 bits per heavy atom. The van der Waals surface area contributed by atoms with Crippen LogP contribution in [0.3, 0.4) is 0 Å². The smallest absolute Gasteiger partial charge is 0.0314 e. The number of nitrogen functional groups attached to an aromatic ring is 1. The Hall–Kier alpha value is -1.02. The van der Waals surface area contributed by atoms with Gasteiger partial charge in [-0.1, -0.05) is 32.9 Å². The Morgan fingerprint density at radius 2 is 1.63 bits per heavy atom. The van der Waals surface area contributed by atoms with Crippen molar-refractivity contribution in [2.24, 2.45) is 11.8 Å². The minimum absolute atomic E-state index is 0.751. The first-order valence-corrected chi connectivity index (χ1v) is 7.67. The third-order valence-corrected chi connectivity index (χ3v) is 4.44. The maximum Gasteiger partial charge on any atom is 0.0314 e. The van der Waals surface area contributed by atoms with Crippen LogP contribution in [0.25, 0.3) is 0 Å². The number of nitrogens with zero attached hydrogens (tertiary/aromatic N) is 1. The molecule has 1 aromatic carbocycles. The summed E-state index contributed by atoms with van der Waals surface area (Å²) in [6.45, 7) is 9.27. The van der Waals surface area contributed by atoms with Crippen LogP contribution in [0.15, 0.2) is 24.3 Å². The van der Waals surface area contributed by atoms with E-state index in [9.17, 15) is 0 Å². The SMILES string of the molecule is CCN(Cc1ccc(N)cc1)C1CC(C)CC(C)C1. The minimum Gasteiger partial charge on any atom is -0.399 e. The quantitative estimate of drug-likeness (QED) is 0.832. The van der Waals surface area contributed by atoms with Crippen molar-refractivity contribution in [3.05, 3.63) is 29.8 Å². The summed E-state index contributed by atoms with van der Waals surface area (Å²) in [7, 11) is 0. The second-order valence-corrected chi connectivity index (χ2v) is 6.38. The number of rotatable bonds is 4. The average molecular weight is 260 g/mol. The number of hydrogen-bond donors (Lipinski definition) is 1. The Balaban J connectivity index is 2.01. The molecule has 2 N–H and O–H groups in total. The van der Waals surface area contributed by atoms with E-state index in [1.165, 1.54) is 24.8 Å². The van der Waals surface area contributed by atoms with Gasteiger partial charge in [0, 0.05) is 18.3 Å². The summed E-state index contributed by atoms with van der Waals surface area (Å²) in [5.41, 5.74) is 7.99. The maximum absolute atomic E-state index is 5.76. The number of nitrogens with two attached hydrogens (primary N) is 1. The number of hydrogen-bond acceptors (Lipinski definition) is 2. The van der Waals surface area contributed by atoms with Crippen molar-refractivity contribution in [1.82, 2.24) is 4.90 Å². The molecule has 0 saturated heterocycles. The fourth-order valence-corrected chi connectivity index (χ4v) is 3.56. The molecule has 1 aromatic rings. The molecule has 0 heterocycles. The van der Waals surface area contributed by atoms with E-state index in [2.05, 4.69) is 37.8 Å². The highest BCUT2D eigenvalue weighted by molar-refractivity contribution is 5.39. The molecule has 2 heteroatoms. The lowest BCUT2D eigenvalue weighted by Crippen LogP contribution is -2.39. The molecule has 0 bridgehead atoms. The summed E-state index contributed by atoms with van der Waals surface area (Å²) >= 11 is 0. The molecule has 0 aliphatic heterocycles. The molecule has 0 radical (unpaired) electrons. The standard InChI is InChI=1S/C17H28N2/c1-4-19(12-15-5-7-16(18)8-6-15)17-10-13(2)9-14(3)11-17/h5-8,13-14,17H,4,9-12,18H2,1-3H3. The summed E-state index contributed by atoms with van der Waals surface area (Å²) in [6.07, 6.45) is 4.11. The molecule has 2 atom stereocenters. The fraction of sp³-hybridized carbons (Fsp3) is 0.647. The van der Waals surface area contributed by atoms with Crippen LogP contribution in [0.2, 0.25) is 0 Å². The zero-order chi connectivity index (χ0) is 13.8. The van der Waals surface area contributed by atoms with Crippen LogP contribution in [0, 0.1) is 11.8 Å². The van der Waals surface area contributed by atoms with Crippen molar-refractivity contribution >= 4 is 5.69 Å². The predicted octanol–water partition coefficient (Wildman–Crippen LogP) is 3.92. The van der Waals surface area contributed by atoms with Crippen molar-refractivity contribution in [2.45, 2.75) is 52.6 Å². The van der Waals surface area contributed by atoms with Gasteiger partial charge in [0.05, 0.1) is 0 Å². The van der Waals surface area contributed by atoms with E-state index in [0.717, 1.165) is 36.7 Å². The molecule has 2 nitrogen and oxygen atoms in total. The molecule has 1 saturated carbocycles. The molecule has 1 aliphatic rings. The lowest BCUT2D eigenvalue weighted by atomic mass is 9.79. The molecular formula is C17H28N2. The lowest BCUT2D eigenvalue weighted by Gasteiger charge is -2.39. The number of anilines is 1. The molecule has 2 unspecified atom stereocenters. The first kappa shape index (κ1) is 14.4. The summed E-state index contributed by atoms with van der Waals surface area (Å²) < 4.78 is 0. The van der Waals surface area contributed by atoms with Crippen molar-refractivity contribution in [3.63, 3.8) is 0 Å². The van der Waals surface area contributed by atoms with Crippen molar-refractivity contribution in [1.29, 1.82) is 0 Å². The fourth-order valence-electron chi connectivity index (χ4n) is 3.56. The van der Waals surface area contributed by atoms with Gasteiger partial charge < -0.3 is 5.73 Å². The molecular weight excluding hydrogens is 232 g/mol. The summed E-state index contributed by atoms with van der Waals surface area (Å²) in [5, 5.41) is 0. The Labute approximate surface area is 118 Å². The second kappa shape index (κ2) is 6.42. The molecule has 19 heavy (non-hydrogen) atoms. The molecule has 106 valence electrons. The topological polar surface area (TPSA) is 29.3 Å². The third kappa shape index (κ3) is 3.97. The molecule has 1 aliphatic carbocycles. The van der Waals surface area contributed by atoms with Gasteiger partial charge in [-0.05, 0) is 55.3 Å². The largest absolute Gasteiger partial charge is 0.399 e. The average Bonchev–Trinajstić information content (AvgIpc) is 2.37. The van der Waals surface area contributed by atoms with Crippen LogP contribution >= 0.6 is 0 Å². The molecule has 2 rings (SSSR count). The van der Waals surface area contributed by atoms with Crippen molar-refractivity contribution in [3.8, 4) is 0 Å². The highest BCUT2D eigenvalue weighted by atomic mass is 15.1. The van der Waals surface area contributed by atoms with E-state index in [0.29, 0.717) is 0 Å². The zero-order valence-electron chi connectivity index (χ0n) is 12.6. The zero-order valence-corrected chi connectivity index (χ0v) is 12.6. The highest BCUT2D eigenvalue weighted by Gasteiger charge is 2.27. The van der Waals surface area contributed by atoms with E-state index < -0.39 is 0 Å². The van der Waals surface area contributed by atoms with Gasteiger partial charge >= 0.3 is 0 Å². The Kier molecular flexibility index (Phi) is 4.87. The first-order chi connectivity index (χ1) is 9.08. The highest BCUT2D eigenvalue weighted by Crippen LogP contribution is 2.32. The van der Waals surface area contributed by atoms with Gasteiger partial charge in [0.25, 0.3) is 0 Å². The van der Waals surface area contributed by atoms with Crippen molar-refractivity contribution in [2.75, 3.05) is 12.3 Å². The molecule has 0 aromatic heterocycles. The van der Waals surface area contributed by atoms with E-state index in [1.54, 1.807) is 0 Å². The minimum atomic E-state index is 0.751. The summed E-state index contributed by atoms with van der Waals surface area (Å²) in [6, 6.07) is 9.09. The van der Waals surface area contributed by atoms with Gasteiger partial charge in [0.2, 0.25) is 0 Å². The first-order valence-electron chi connectivity index (χ1n) is 7.67. The van der Waals surface area contributed by atoms with Gasteiger partial charge in [-0.2, -0.15) is 0 Å². The maximum atomic E-state index is 5.76. The normalized spacial score (nSPS) is 27.7. The van der Waals surface area contributed by atoms with Crippen LogP contribution in [0.5, 0.6) is 0 Å². The van der Waals surface area contributed by atoms with E-state index in [1.807, 2.05) is 12.1 Å². The van der Waals surface area contributed by atoms with Gasteiger partial charge in [0.15, 0.2) is 0 Å². The van der Waals surface area contributed by atoms with Gasteiger partial charge in [0.1, 0.15) is 0 Å². The molecule has 0 spiro atoms. The van der Waals surface area contributed by atoms with Crippen LogP contribution in [0.1, 0.15) is 45.6 Å². The van der Waals surface area contributed by atoms with Crippen LogP contribution in [-0.2, 0) is 6.54 Å². The molecule has 1 fully saturated rings. The van der Waals surface area contributed by atoms with E-state index in [-0.39, 0.29) is 0 Å². The Bertz CT molecular complexity index is 375. The van der Waals surface area contributed by atoms with Crippen LogP contribution < -0.4 is 5.73 Å². The Morgan fingerprint density at radius 3 is 2.16 bits per heavy atom. The van der Waals surface area contributed by atoms with Crippen LogP contribution in [0.4, 0.5) is 5.69 Å².